The molecule has 364 valence electrons. The number of halogens is 1. The zero-order chi connectivity index (χ0) is 47.9. The molecule has 0 spiro atoms. The Morgan fingerprint density at radius 1 is 0.986 bits per heavy atom. The van der Waals surface area contributed by atoms with E-state index in [1.807, 2.05) is 18.2 Å². The van der Waals surface area contributed by atoms with Gasteiger partial charge in [-0.3, -0.25) is 24.7 Å². The van der Waals surface area contributed by atoms with Crippen molar-refractivity contribution in [2.45, 2.75) is 76.2 Å². The van der Waals surface area contributed by atoms with Crippen molar-refractivity contribution in [2.24, 2.45) is 11.3 Å². The Balaban J connectivity index is 0.837. The first-order chi connectivity index (χ1) is 33.2. The third-order valence-corrected chi connectivity index (χ3v) is 16.6. The van der Waals surface area contributed by atoms with Crippen molar-refractivity contribution in [3.05, 3.63) is 117 Å². The van der Waals surface area contributed by atoms with E-state index < -0.39 is 25.7 Å². The van der Waals surface area contributed by atoms with Gasteiger partial charge in [-0.05, 0) is 110 Å². The Hall–Kier alpha value is -5.52. The summed E-state index contributed by atoms with van der Waals surface area (Å²) in [6.07, 6.45) is 11.6. The lowest BCUT2D eigenvalue weighted by Gasteiger charge is -2.43. The maximum absolute atomic E-state index is 14.1. The quantitative estimate of drug-likeness (QED) is 0.0803. The average molecular weight is 978 g/mol. The van der Waals surface area contributed by atoms with Crippen LogP contribution in [0.4, 0.5) is 11.4 Å². The van der Waals surface area contributed by atoms with Gasteiger partial charge in [-0.15, -0.1) is 0 Å². The summed E-state index contributed by atoms with van der Waals surface area (Å²) in [4.78, 5) is 42.9. The summed E-state index contributed by atoms with van der Waals surface area (Å²) in [5.74, 6) is -0.277. The minimum atomic E-state index is -4.63. The third kappa shape index (κ3) is 10.7. The second-order valence-corrected chi connectivity index (χ2v) is 22.4. The molecule has 2 N–H and O–H groups in total. The number of anilines is 1. The molecule has 1 saturated carbocycles. The number of ether oxygens (including phenoxy) is 2. The van der Waals surface area contributed by atoms with Gasteiger partial charge in [-0.1, -0.05) is 49.6 Å². The second-order valence-electron chi connectivity index (χ2n) is 20.3. The van der Waals surface area contributed by atoms with Crippen LogP contribution in [-0.4, -0.2) is 122 Å². The molecule has 2 saturated heterocycles. The number of nitro benzene ring substituents is 1. The van der Waals surface area contributed by atoms with Crippen molar-refractivity contribution < 1.29 is 27.6 Å². The van der Waals surface area contributed by atoms with E-state index in [4.69, 9.17) is 21.1 Å². The first-order valence-corrected chi connectivity index (χ1v) is 26.3. The van der Waals surface area contributed by atoms with Crippen LogP contribution in [0.3, 0.4) is 0 Å². The Kier molecular flexibility index (Phi) is 13.5. The highest BCUT2D eigenvalue weighted by molar-refractivity contribution is 7.90. The number of aromatic nitrogens is 2. The number of hydrogen-bond acceptors (Lipinski definition) is 12. The standard InChI is InChI=1S/C52H61ClN8O7S/c1-52(2)15-12-38(46(31-52)36-6-8-39(53)9-7-36)33-58-20-24-60(25-21-58)41-10-11-44(49(28-41)68-42-27-37-13-16-54-50(37)55-32-42)51(62)56-69(65,66)43-29-47(61(63)64)45-26-35(34-67-48(45)30-43)14-17-57-18-22-59(23-19-57)40-4-3-5-40/h6-11,13,16,27-30,32,35,40H,3-5,12,14-15,17-26,31,33-34H2,1-2H3,(H,54,55)(H,56,62)/t35-/m1/s1. The normalized spacial score (nSPS) is 20.6. The molecule has 3 fully saturated rings. The number of piperazine rings is 2. The summed E-state index contributed by atoms with van der Waals surface area (Å²) >= 11 is 6.26. The van der Waals surface area contributed by atoms with E-state index in [0.29, 0.717) is 30.0 Å². The average Bonchev–Trinajstić information content (AvgIpc) is 3.79. The number of benzene rings is 3. The van der Waals surface area contributed by atoms with Gasteiger partial charge in [0.1, 0.15) is 22.9 Å². The molecule has 5 aromatic rings. The Labute approximate surface area is 409 Å². The van der Waals surface area contributed by atoms with Crippen LogP contribution in [0.25, 0.3) is 16.6 Å². The molecule has 3 aromatic carbocycles. The number of pyridine rings is 1. The van der Waals surface area contributed by atoms with Crippen LogP contribution in [0.1, 0.15) is 80.3 Å². The predicted molar refractivity (Wildman–Crippen MR) is 268 cm³/mol. The lowest BCUT2D eigenvalue weighted by molar-refractivity contribution is -0.386. The Morgan fingerprint density at radius 2 is 1.75 bits per heavy atom. The highest BCUT2D eigenvalue weighted by Gasteiger charge is 2.34. The van der Waals surface area contributed by atoms with Crippen molar-refractivity contribution in [1.82, 2.24) is 29.4 Å². The predicted octanol–water partition coefficient (Wildman–Crippen LogP) is 8.93. The van der Waals surface area contributed by atoms with Crippen molar-refractivity contribution in [3.63, 3.8) is 0 Å². The SMILES string of the molecule is CC1(C)CCC(CN2CCN(c3ccc(C(=O)NS(=O)(=O)c4cc5c(c([N+](=O)[O-])c4)C[C@@H](CCN4CCN(C6CCC6)CC4)CO5)c(Oc4cnc5[nH]ccc5c4)c3)CC2)=C(c2ccc(Cl)cc2)C1. The molecule has 5 heterocycles. The summed E-state index contributed by atoms with van der Waals surface area (Å²) in [7, 11) is -4.63. The van der Waals surface area contributed by atoms with Crippen LogP contribution in [0.2, 0.25) is 5.02 Å². The van der Waals surface area contributed by atoms with Gasteiger partial charge in [0.25, 0.3) is 21.6 Å². The third-order valence-electron chi connectivity index (χ3n) is 15.1. The Bertz CT molecular complexity index is 2870. The van der Waals surface area contributed by atoms with E-state index in [-0.39, 0.29) is 34.1 Å². The number of nitrogens with one attached hydrogen (secondary N) is 2. The van der Waals surface area contributed by atoms with Gasteiger partial charge in [0, 0.05) is 105 Å². The van der Waals surface area contributed by atoms with Crippen LogP contribution in [0.15, 0.2) is 89.6 Å². The molecule has 0 radical (unpaired) electrons. The number of rotatable bonds is 14. The van der Waals surface area contributed by atoms with Gasteiger partial charge in [-0.25, -0.2) is 18.1 Å². The minimum absolute atomic E-state index is 0.0342. The number of nitro groups is 1. The van der Waals surface area contributed by atoms with Gasteiger partial charge in [0.15, 0.2) is 0 Å². The number of amides is 1. The number of hydrogen-bond donors (Lipinski definition) is 2. The molecule has 17 heteroatoms. The number of fused-ring (bicyclic) bond motifs is 2. The van der Waals surface area contributed by atoms with Gasteiger partial charge >= 0.3 is 0 Å². The van der Waals surface area contributed by atoms with E-state index in [9.17, 15) is 23.3 Å². The fourth-order valence-electron chi connectivity index (χ4n) is 10.7. The monoisotopic (exact) mass is 976 g/mol. The maximum atomic E-state index is 14.1. The highest BCUT2D eigenvalue weighted by Crippen LogP contribution is 2.44. The van der Waals surface area contributed by atoms with E-state index in [1.54, 1.807) is 30.5 Å². The molecule has 5 aliphatic rings. The molecule has 0 bridgehead atoms. The summed E-state index contributed by atoms with van der Waals surface area (Å²) < 4.78 is 42.7. The number of nitrogens with zero attached hydrogens (tertiary/aromatic N) is 6. The van der Waals surface area contributed by atoms with E-state index in [0.717, 1.165) is 119 Å². The first-order valence-electron chi connectivity index (χ1n) is 24.4. The molecular formula is C52H61ClN8O7S. The molecule has 3 aliphatic heterocycles. The molecule has 0 unspecified atom stereocenters. The fourth-order valence-corrected chi connectivity index (χ4v) is 11.8. The lowest BCUT2D eigenvalue weighted by atomic mass is 9.72. The van der Waals surface area contributed by atoms with Crippen LogP contribution < -0.4 is 19.1 Å². The van der Waals surface area contributed by atoms with E-state index in [1.165, 1.54) is 48.2 Å². The number of sulfonamides is 1. The fraction of sp³-hybridized carbons (Fsp3) is 0.462. The van der Waals surface area contributed by atoms with Crippen molar-refractivity contribution in [3.8, 4) is 17.2 Å². The molecular weight excluding hydrogens is 916 g/mol. The smallest absolute Gasteiger partial charge is 0.277 e. The minimum Gasteiger partial charge on any atom is -0.493 e. The molecule has 2 aliphatic carbocycles. The van der Waals surface area contributed by atoms with E-state index in [2.05, 4.69) is 60.3 Å². The number of allylic oxidation sites excluding steroid dienone is 1. The van der Waals surface area contributed by atoms with Crippen LogP contribution in [0, 0.1) is 21.4 Å². The van der Waals surface area contributed by atoms with Crippen molar-refractivity contribution in [2.75, 3.05) is 77.0 Å². The highest BCUT2D eigenvalue weighted by atomic mass is 35.5. The van der Waals surface area contributed by atoms with Gasteiger partial charge in [0.05, 0.1) is 33.7 Å². The molecule has 15 nitrogen and oxygen atoms in total. The maximum Gasteiger partial charge on any atom is 0.277 e. The lowest BCUT2D eigenvalue weighted by Crippen LogP contribution is -2.52. The molecule has 1 atom stereocenters. The number of carbonyl (C=O) groups excluding carboxylic acids is 1. The summed E-state index contributed by atoms with van der Waals surface area (Å²) in [5, 5.41) is 14.0. The second kappa shape index (κ2) is 19.7. The summed E-state index contributed by atoms with van der Waals surface area (Å²) in [6.45, 7) is 14.0. The number of aromatic amines is 1. The molecule has 10 rings (SSSR count). The molecule has 69 heavy (non-hydrogen) atoms. The number of H-pyrrole nitrogens is 1. The van der Waals surface area contributed by atoms with Crippen molar-refractivity contribution in [1.29, 1.82) is 0 Å². The zero-order valence-corrected chi connectivity index (χ0v) is 41.0. The van der Waals surface area contributed by atoms with Crippen LogP contribution in [0.5, 0.6) is 17.2 Å². The summed E-state index contributed by atoms with van der Waals surface area (Å²) in [6, 6.07) is 20.0. The van der Waals surface area contributed by atoms with Crippen LogP contribution in [-0.2, 0) is 16.4 Å². The largest absolute Gasteiger partial charge is 0.493 e. The van der Waals surface area contributed by atoms with E-state index >= 15 is 0 Å². The van der Waals surface area contributed by atoms with Gasteiger partial charge < -0.3 is 24.3 Å². The Morgan fingerprint density at radius 3 is 2.49 bits per heavy atom. The molecule has 2 aromatic heterocycles. The topological polar surface area (TPSA) is 166 Å². The van der Waals surface area contributed by atoms with Gasteiger partial charge in [-0.2, -0.15) is 0 Å². The molecule has 1 amide bonds. The zero-order valence-electron chi connectivity index (χ0n) is 39.4. The first kappa shape index (κ1) is 47.2. The van der Waals surface area contributed by atoms with Crippen LogP contribution >= 0.6 is 11.6 Å². The summed E-state index contributed by atoms with van der Waals surface area (Å²) in [5.41, 5.74) is 5.81. The van der Waals surface area contributed by atoms with Crippen molar-refractivity contribution >= 4 is 55.5 Å². The van der Waals surface area contributed by atoms with Gasteiger partial charge in [0.2, 0.25) is 0 Å². The number of carbonyl (C=O) groups is 1.